The van der Waals surface area contributed by atoms with E-state index in [1.165, 1.54) is 19.1 Å². The second-order valence-corrected chi connectivity index (χ2v) is 7.48. The standard InChI is InChI=1S/C23H25FN4O/c1-17(29)25-20-7-10-23-18(15-20)3-6-21(26-23)16-27-11-2-12-28(14-13-27)22-8-4-19(24)5-9-22/h3-10,15H,2,11-14,16H2,1H3,(H,25,29). The molecule has 2 aromatic carbocycles. The average molecular weight is 392 g/mol. The maximum Gasteiger partial charge on any atom is 0.221 e. The molecule has 1 aliphatic rings. The second-order valence-electron chi connectivity index (χ2n) is 7.48. The fourth-order valence-corrected chi connectivity index (χ4v) is 3.81. The van der Waals surface area contributed by atoms with Crippen molar-refractivity contribution in [3.63, 3.8) is 0 Å². The van der Waals surface area contributed by atoms with Crippen molar-refractivity contribution in [2.24, 2.45) is 0 Å². The van der Waals surface area contributed by atoms with Crippen LogP contribution >= 0.6 is 0 Å². The number of halogens is 1. The molecule has 0 aliphatic carbocycles. The predicted molar refractivity (Wildman–Crippen MR) is 115 cm³/mol. The number of carbonyl (C=O) groups excluding carboxylic acids is 1. The summed E-state index contributed by atoms with van der Waals surface area (Å²) < 4.78 is 13.2. The highest BCUT2D eigenvalue weighted by atomic mass is 19.1. The van der Waals surface area contributed by atoms with E-state index in [-0.39, 0.29) is 11.7 Å². The number of pyridine rings is 1. The van der Waals surface area contributed by atoms with Gasteiger partial charge >= 0.3 is 0 Å². The first-order valence-electron chi connectivity index (χ1n) is 9.97. The monoisotopic (exact) mass is 392 g/mol. The Hall–Kier alpha value is -2.99. The lowest BCUT2D eigenvalue weighted by atomic mass is 10.1. The van der Waals surface area contributed by atoms with E-state index >= 15 is 0 Å². The second kappa shape index (κ2) is 8.57. The van der Waals surface area contributed by atoms with Gasteiger partial charge in [-0.25, -0.2) is 4.39 Å². The lowest BCUT2D eigenvalue weighted by molar-refractivity contribution is -0.114. The van der Waals surface area contributed by atoms with Crippen molar-refractivity contribution < 1.29 is 9.18 Å². The fraction of sp³-hybridized carbons (Fsp3) is 0.304. The van der Waals surface area contributed by atoms with E-state index in [1.54, 1.807) is 0 Å². The number of nitrogens with zero attached hydrogens (tertiary/aromatic N) is 3. The van der Waals surface area contributed by atoms with Crippen LogP contribution in [0.4, 0.5) is 15.8 Å². The maximum absolute atomic E-state index is 13.2. The third-order valence-corrected chi connectivity index (χ3v) is 5.23. The molecule has 150 valence electrons. The molecule has 0 bridgehead atoms. The van der Waals surface area contributed by atoms with Crippen molar-refractivity contribution in [1.82, 2.24) is 9.88 Å². The lowest BCUT2D eigenvalue weighted by Gasteiger charge is -2.23. The molecule has 2 heterocycles. The van der Waals surface area contributed by atoms with Crippen LogP contribution in [0, 0.1) is 5.82 Å². The highest BCUT2D eigenvalue weighted by molar-refractivity contribution is 5.92. The minimum Gasteiger partial charge on any atom is -0.370 e. The summed E-state index contributed by atoms with van der Waals surface area (Å²) in [7, 11) is 0. The van der Waals surface area contributed by atoms with E-state index in [0.29, 0.717) is 0 Å². The number of hydrogen-bond donors (Lipinski definition) is 1. The molecule has 0 unspecified atom stereocenters. The molecule has 1 fully saturated rings. The first kappa shape index (κ1) is 19.3. The Morgan fingerprint density at radius 2 is 1.86 bits per heavy atom. The average Bonchev–Trinajstić information content (AvgIpc) is 2.94. The van der Waals surface area contributed by atoms with Gasteiger partial charge in [-0.3, -0.25) is 14.7 Å². The predicted octanol–water partition coefficient (Wildman–Crippen LogP) is 4.04. The van der Waals surface area contributed by atoms with E-state index in [0.717, 1.165) is 67.1 Å². The van der Waals surface area contributed by atoms with Crippen LogP contribution in [0.5, 0.6) is 0 Å². The topological polar surface area (TPSA) is 48.5 Å². The van der Waals surface area contributed by atoms with E-state index in [2.05, 4.69) is 27.2 Å². The minimum absolute atomic E-state index is 0.0789. The Kier molecular flexibility index (Phi) is 5.71. The van der Waals surface area contributed by atoms with Gasteiger partial charge < -0.3 is 10.2 Å². The van der Waals surface area contributed by atoms with Gasteiger partial charge in [0.25, 0.3) is 0 Å². The molecule has 0 radical (unpaired) electrons. The van der Waals surface area contributed by atoms with Crippen LogP contribution < -0.4 is 10.2 Å². The molecule has 3 aromatic rings. The summed E-state index contributed by atoms with van der Waals surface area (Å²) in [5.74, 6) is -0.276. The Morgan fingerprint density at radius 3 is 2.66 bits per heavy atom. The molecule has 6 heteroatoms. The molecule has 4 rings (SSSR count). The van der Waals surface area contributed by atoms with Crippen LogP contribution in [0.2, 0.25) is 0 Å². The summed E-state index contributed by atoms with van der Waals surface area (Å²) in [5, 5.41) is 3.82. The molecule has 1 saturated heterocycles. The highest BCUT2D eigenvalue weighted by Gasteiger charge is 2.16. The van der Waals surface area contributed by atoms with Crippen LogP contribution in [-0.2, 0) is 11.3 Å². The molecular formula is C23H25FN4O. The summed E-state index contributed by atoms with van der Waals surface area (Å²) in [6.45, 7) is 6.15. The number of fused-ring (bicyclic) bond motifs is 1. The van der Waals surface area contributed by atoms with Crippen molar-refractivity contribution in [2.45, 2.75) is 19.9 Å². The summed E-state index contributed by atoms with van der Waals surface area (Å²) >= 11 is 0. The Labute approximate surface area is 170 Å². The van der Waals surface area contributed by atoms with Gasteiger partial charge in [0.1, 0.15) is 5.82 Å². The Bertz CT molecular complexity index is 1010. The number of amides is 1. The van der Waals surface area contributed by atoms with Gasteiger partial charge in [-0.1, -0.05) is 6.07 Å². The zero-order valence-electron chi connectivity index (χ0n) is 16.6. The number of hydrogen-bond acceptors (Lipinski definition) is 4. The van der Waals surface area contributed by atoms with Crippen molar-refractivity contribution in [1.29, 1.82) is 0 Å². The van der Waals surface area contributed by atoms with Crippen LogP contribution in [0.15, 0.2) is 54.6 Å². The Balaban J connectivity index is 1.41. The molecule has 1 amide bonds. The zero-order chi connectivity index (χ0) is 20.2. The number of nitrogens with one attached hydrogen (secondary N) is 1. The van der Waals surface area contributed by atoms with Crippen LogP contribution in [-0.4, -0.2) is 42.0 Å². The third-order valence-electron chi connectivity index (χ3n) is 5.23. The summed E-state index contributed by atoms with van der Waals surface area (Å²) in [6, 6.07) is 16.6. The molecule has 1 N–H and O–H groups in total. The van der Waals surface area contributed by atoms with E-state index in [9.17, 15) is 9.18 Å². The van der Waals surface area contributed by atoms with Crippen LogP contribution in [0.1, 0.15) is 19.0 Å². The first-order chi connectivity index (χ1) is 14.1. The third kappa shape index (κ3) is 4.90. The Morgan fingerprint density at radius 1 is 1.03 bits per heavy atom. The number of carbonyl (C=O) groups is 1. The summed E-state index contributed by atoms with van der Waals surface area (Å²) in [6.07, 6.45) is 1.06. The molecule has 0 saturated carbocycles. The zero-order valence-corrected chi connectivity index (χ0v) is 16.6. The number of benzene rings is 2. The van der Waals surface area contributed by atoms with Crippen molar-refractivity contribution in [2.75, 3.05) is 36.4 Å². The molecular weight excluding hydrogens is 367 g/mol. The molecule has 0 atom stereocenters. The van der Waals surface area contributed by atoms with Gasteiger partial charge in [-0.2, -0.15) is 0 Å². The highest BCUT2D eigenvalue weighted by Crippen LogP contribution is 2.20. The molecule has 5 nitrogen and oxygen atoms in total. The van der Waals surface area contributed by atoms with Gasteiger partial charge in [0, 0.05) is 56.4 Å². The van der Waals surface area contributed by atoms with Crippen molar-refractivity contribution in [3.8, 4) is 0 Å². The number of anilines is 2. The quantitative estimate of drug-likeness (QED) is 0.728. The smallest absolute Gasteiger partial charge is 0.221 e. The molecule has 1 aliphatic heterocycles. The van der Waals surface area contributed by atoms with E-state index < -0.39 is 0 Å². The van der Waals surface area contributed by atoms with E-state index in [4.69, 9.17) is 4.98 Å². The van der Waals surface area contributed by atoms with Gasteiger partial charge in [0.05, 0.1) is 11.2 Å². The fourth-order valence-electron chi connectivity index (χ4n) is 3.81. The molecule has 0 spiro atoms. The van der Waals surface area contributed by atoms with Crippen molar-refractivity contribution in [3.05, 3.63) is 66.1 Å². The van der Waals surface area contributed by atoms with Crippen LogP contribution in [0.25, 0.3) is 10.9 Å². The first-order valence-corrected chi connectivity index (χ1v) is 9.97. The summed E-state index contributed by atoms with van der Waals surface area (Å²) in [5.41, 5.74) is 3.83. The minimum atomic E-state index is -0.197. The normalized spacial score (nSPS) is 15.3. The SMILES string of the molecule is CC(=O)Nc1ccc2nc(CN3CCCN(c4ccc(F)cc4)CC3)ccc2c1. The molecule has 29 heavy (non-hydrogen) atoms. The largest absolute Gasteiger partial charge is 0.370 e. The number of rotatable bonds is 4. The van der Waals surface area contributed by atoms with Crippen LogP contribution in [0.3, 0.4) is 0 Å². The lowest BCUT2D eigenvalue weighted by Crippen LogP contribution is -2.30. The van der Waals surface area contributed by atoms with E-state index in [1.807, 2.05) is 30.3 Å². The van der Waals surface area contributed by atoms with Gasteiger partial charge in [-0.15, -0.1) is 0 Å². The van der Waals surface area contributed by atoms with Gasteiger partial charge in [0.15, 0.2) is 0 Å². The maximum atomic E-state index is 13.2. The van der Waals surface area contributed by atoms with Gasteiger partial charge in [-0.05, 0) is 55.0 Å². The van der Waals surface area contributed by atoms with Gasteiger partial charge in [0.2, 0.25) is 5.91 Å². The van der Waals surface area contributed by atoms with Crippen molar-refractivity contribution >= 4 is 28.2 Å². The number of aromatic nitrogens is 1. The summed E-state index contributed by atoms with van der Waals surface area (Å²) in [4.78, 5) is 20.8. The molecule has 1 aromatic heterocycles.